The molecule has 15 nitrogen and oxygen atoms in total. The fraction of sp³-hybridized carbons (Fsp3) is 0.545. The Balaban J connectivity index is 1.34. The Labute approximate surface area is 355 Å². The molecule has 0 unspecified atom stereocenters. The molecule has 3 aliphatic rings. The predicted molar refractivity (Wildman–Crippen MR) is 228 cm³/mol. The minimum atomic E-state index is -2.19. The van der Waals surface area contributed by atoms with Crippen LogP contribution < -0.4 is 10.7 Å². The number of rotatable bonds is 8. The van der Waals surface area contributed by atoms with Crippen molar-refractivity contribution in [2.45, 2.75) is 104 Å². The van der Waals surface area contributed by atoms with Gasteiger partial charge in [-0.3, -0.25) is 19.6 Å². The number of nitrogens with zero attached hydrogens (tertiary/aromatic N) is 6. The second kappa shape index (κ2) is 17.2. The number of fused-ring (bicyclic) bond motifs is 6. The van der Waals surface area contributed by atoms with Crippen molar-refractivity contribution in [3.05, 3.63) is 58.2 Å². The van der Waals surface area contributed by atoms with Crippen molar-refractivity contribution in [1.82, 2.24) is 40.1 Å². The van der Waals surface area contributed by atoms with Crippen LogP contribution in [0.5, 0.6) is 0 Å². The Morgan fingerprint density at radius 1 is 1.13 bits per heavy atom. The first kappa shape index (κ1) is 43.2. The number of aryl methyl sites for hydroxylation is 1. The van der Waals surface area contributed by atoms with Gasteiger partial charge in [-0.15, -0.1) is 11.3 Å². The highest BCUT2D eigenvalue weighted by Crippen LogP contribution is 2.42. The summed E-state index contributed by atoms with van der Waals surface area (Å²) in [6, 6.07) is 8.08. The van der Waals surface area contributed by atoms with Crippen LogP contribution in [0.15, 0.2) is 41.9 Å². The number of nitrogens with one attached hydrogen (secondary N) is 2. The number of thiazole rings is 1. The number of methoxy groups -OCH3 is 1. The number of amides is 4. The van der Waals surface area contributed by atoms with Crippen LogP contribution >= 0.6 is 11.3 Å². The largest absolute Gasteiger partial charge is 0.462 e. The molecule has 3 aromatic heterocycles. The Kier molecular flexibility index (Phi) is 12.4. The van der Waals surface area contributed by atoms with E-state index in [9.17, 15) is 24.3 Å². The van der Waals surface area contributed by atoms with Gasteiger partial charge in [0, 0.05) is 92.2 Å². The summed E-state index contributed by atoms with van der Waals surface area (Å²) in [6.07, 6.45) is 3.07. The van der Waals surface area contributed by atoms with Crippen molar-refractivity contribution in [3.8, 4) is 22.5 Å². The summed E-state index contributed by atoms with van der Waals surface area (Å²) >= 11 is 1.38. The third kappa shape index (κ3) is 8.39. The average molecular weight is 843 g/mol. The van der Waals surface area contributed by atoms with Crippen molar-refractivity contribution in [2.75, 3.05) is 40.4 Å². The third-order valence-corrected chi connectivity index (χ3v) is 12.8. The standard InChI is InChI=1S/C44H58N8O7S/c1-9-50-34-15-14-28-21-30(34)31(38(50)29-13-10-17-45-36(29)27(4)58-8)23-43(5,6)25-59-41(55)44(57)16-11-20-52(48-44)40(54)32(22-35-46-33(28)24-60-35)47-39(53)37(26(2)3)51-19-12-18-49(7)42(51)56/h10,13-15,17,21,24,26-27,32,37,48,57H,9,11-12,16,18-20,22-23,25H2,1-8H3,(H,47,53)/t27-,32-,37-,44-/m0/s1. The first-order valence-corrected chi connectivity index (χ1v) is 21.8. The smallest absolute Gasteiger partial charge is 0.355 e. The van der Waals surface area contributed by atoms with Crippen LogP contribution in [0, 0.1) is 11.3 Å². The number of hydrogen-bond donors (Lipinski definition) is 3. The Hall–Kier alpha value is -4.90. The van der Waals surface area contributed by atoms with Gasteiger partial charge in [-0.25, -0.2) is 14.6 Å². The predicted octanol–water partition coefficient (Wildman–Crippen LogP) is 5.30. The number of hydrazine groups is 1. The highest BCUT2D eigenvalue weighted by Gasteiger charge is 2.46. The molecule has 60 heavy (non-hydrogen) atoms. The van der Waals surface area contributed by atoms with Gasteiger partial charge < -0.3 is 34.3 Å². The average Bonchev–Trinajstić information content (AvgIpc) is 3.81. The van der Waals surface area contributed by atoms with Crippen molar-refractivity contribution >= 4 is 46.1 Å². The van der Waals surface area contributed by atoms with E-state index in [1.165, 1.54) is 16.3 Å². The molecule has 7 rings (SSSR count). The van der Waals surface area contributed by atoms with Gasteiger partial charge in [0.1, 0.15) is 12.1 Å². The van der Waals surface area contributed by atoms with Crippen molar-refractivity contribution < 1.29 is 33.8 Å². The maximum atomic E-state index is 14.5. The highest BCUT2D eigenvalue weighted by atomic mass is 32.1. The molecule has 0 aliphatic carbocycles. The second-order valence-corrected chi connectivity index (χ2v) is 18.4. The van der Waals surface area contributed by atoms with Crippen LogP contribution in [0.25, 0.3) is 33.4 Å². The summed E-state index contributed by atoms with van der Waals surface area (Å²) in [5, 5.41) is 19.5. The van der Waals surface area contributed by atoms with Crippen molar-refractivity contribution in [2.24, 2.45) is 11.3 Å². The lowest BCUT2D eigenvalue weighted by Crippen LogP contribution is -2.67. The molecule has 3 N–H and O–H groups in total. The zero-order valence-electron chi connectivity index (χ0n) is 35.9. The SMILES string of the molecule is CCn1c(-c2cccnc2[C@H](C)OC)c2c3cc(ccc31)-c1csc(n1)C[C@H](NC(=O)[C@H](C(C)C)N1CCCN(C)C1=O)C(=O)N1CCC[C@@](O)(N1)C(=O)OCC(C)(C)C2. The maximum absolute atomic E-state index is 14.5. The molecule has 2 saturated heterocycles. The number of benzene rings is 1. The molecule has 0 saturated carbocycles. The molecule has 0 spiro atoms. The fourth-order valence-corrected chi connectivity index (χ4v) is 9.66. The Morgan fingerprint density at radius 3 is 2.65 bits per heavy atom. The minimum absolute atomic E-state index is 0.0152. The normalized spacial score (nSPS) is 22.5. The number of aliphatic hydroxyl groups is 1. The summed E-state index contributed by atoms with van der Waals surface area (Å²) in [5.41, 5.74) is 6.42. The summed E-state index contributed by atoms with van der Waals surface area (Å²) in [5.74, 6) is -2.16. The molecule has 16 heteroatoms. The molecule has 0 radical (unpaired) electrons. The van der Waals surface area contributed by atoms with E-state index in [0.717, 1.165) is 44.7 Å². The number of urea groups is 1. The summed E-state index contributed by atoms with van der Waals surface area (Å²) in [7, 11) is 3.38. The summed E-state index contributed by atoms with van der Waals surface area (Å²) < 4.78 is 14.0. The van der Waals surface area contributed by atoms with Gasteiger partial charge in [-0.2, -0.15) is 5.43 Å². The number of esters is 1. The molecule has 4 aromatic rings. The monoisotopic (exact) mass is 842 g/mol. The second-order valence-electron chi connectivity index (χ2n) is 17.4. The highest BCUT2D eigenvalue weighted by molar-refractivity contribution is 7.10. The first-order valence-electron chi connectivity index (χ1n) is 20.9. The van der Waals surface area contributed by atoms with E-state index in [1.807, 2.05) is 46.1 Å². The van der Waals surface area contributed by atoms with E-state index < -0.39 is 41.0 Å². The summed E-state index contributed by atoms with van der Waals surface area (Å²) in [4.78, 5) is 68.9. The van der Waals surface area contributed by atoms with E-state index in [1.54, 1.807) is 30.2 Å². The molecule has 3 aliphatic heterocycles. The number of hydrogen-bond acceptors (Lipinski definition) is 11. The lowest BCUT2D eigenvalue weighted by Gasteiger charge is -2.41. The number of ether oxygens (including phenoxy) is 2. The fourth-order valence-electron chi connectivity index (χ4n) is 8.81. The van der Waals surface area contributed by atoms with Crippen LogP contribution in [0.3, 0.4) is 0 Å². The first-order chi connectivity index (χ1) is 28.6. The maximum Gasteiger partial charge on any atom is 0.355 e. The van der Waals surface area contributed by atoms with E-state index in [2.05, 4.69) is 46.5 Å². The molecule has 6 heterocycles. The molecule has 2 fully saturated rings. The van der Waals surface area contributed by atoms with Crippen LogP contribution in [-0.2, 0) is 43.2 Å². The zero-order chi connectivity index (χ0) is 43.1. The van der Waals surface area contributed by atoms with E-state index in [4.69, 9.17) is 19.4 Å². The summed E-state index contributed by atoms with van der Waals surface area (Å²) in [6.45, 7) is 13.7. The topological polar surface area (TPSA) is 171 Å². The molecule has 6 bridgehead atoms. The molecule has 322 valence electrons. The molecule has 1 aromatic carbocycles. The van der Waals surface area contributed by atoms with Crippen molar-refractivity contribution in [1.29, 1.82) is 0 Å². The molecular weight excluding hydrogens is 785 g/mol. The number of aromatic nitrogens is 3. The molecule has 4 atom stereocenters. The van der Waals surface area contributed by atoms with Crippen LogP contribution in [-0.4, -0.2) is 116 Å². The number of carbonyl (C=O) groups excluding carboxylic acids is 4. The van der Waals surface area contributed by atoms with Gasteiger partial charge >= 0.3 is 12.0 Å². The molecular formula is C44H58N8O7S. The van der Waals surface area contributed by atoms with Gasteiger partial charge in [0.25, 0.3) is 5.91 Å². The van der Waals surface area contributed by atoms with Gasteiger partial charge in [0.05, 0.1) is 34.8 Å². The van der Waals surface area contributed by atoms with Crippen molar-refractivity contribution in [3.63, 3.8) is 0 Å². The Morgan fingerprint density at radius 2 is 1.92 bits per heavy atom. The lowest BCUT2D eigenvalue weighted by molar-refractivity contribution is -0.189. The third-order valence-electron chi connectivity index (χ3n) is 12.0. The van der Waals surface area contributed by atoms with Crippen LogP contribution in [0.1, 0.15) is 83.2 Å². The van der Waals surface area contributed by atoms with Gasteiger partial charge in [-0.1, -0.05) is 33.8 Å². The Bertz CT molecular complexity index is 2270. The van der Waals surface area contributed by atoms with E-state index >= 15 is 0 Å². The van der Waals surface area contributed by atoms with Gasteiger partial charge in [0.15, 0.2) is 0 Å². The minimum Gasteiger partial charge on any atom is -0.462 e. The quantitative estimate of drug-likeness (QED) is 0.198. The van der Waals surface area contributed by atoms with Gasteiger partial charge in [-0.05, 0) is 68.9 Å². The number of pyridine rings is 1. The number of carbonyl (C=O) groups is 4. The van der Waals surface area contributed by atoms with E-state index in [-0.39, 0.29) is 44.0 Å². The number of cyclic esters (lactones) is 1. The van der Waals surface area contributed by atoms with Crippen LogP contribution in [0.4, 0.5) is 4.79 Å². The lowest BCUT2D eigenvalue weighted by atomic mass is 9.84. The zero-order valence-corrected chi connectivity index (χ0v) is 36.7. The van der Waals surface area contributed by atoms with Crippen LogP contribution in [0.2, 0.25) is 0 Å². The van der Waals surface area contributed by atoms with E-state index in [0.29, 0.717) is 43.9 Å². The molecule has 4 amide bonds. The van der Waals surface area contributed by atoms with Gasteiger partial charge in [0.2, 0.25) is 11.6 Å².